The third kappa shape index (κ3) is 6.04. The molecule has 3 N–H and O–H groups in total. The monoisotopic (exact) mass is 395 g/mol. The van der Waals surface area contributed by atoms with Gasteiger partial charge in [0, 0.05) is 38.2 Å². The summed E-state index contributed by atoms with van der Waals surface area (Å²) >= 11 is 5.12. The fourth-order valence-corrected chi connectivity index (χ4v) is 3.29. The van der Waals surface area contributed by atoms with Gasteiger partial charge in [-0.1, -0.05) is 12.1 Å². The van der Waals surface area contributed by atoms with Gasteiger partial charge in [-0.25, -0.2) is 0 Å². The Balaban J connectivity index is 1.81. The van der Waals surface area contributed by atoms with Crippen molar-refractivity contribution in [1.82, 2.24) is 16.2 Å². The second kappa shape index (κ2) is 10.0. The molecular formula is C17H25N5O4S. The van der Waals surface area contributed by atoms with Gasteiger partial charge in [0.1, 0.15) is 5.69 Å². The van der Waals surface area contributed by atoms with Crippen LogP contribution in [0.5, 0.6) is 0 Å². The number of carbonyl (C=O) groups excluding carboxylic acids is 1. The lowest BCUT2D eigenvalue weighted by Crippen LogP contribution is -2.52. The number of hydrazine groups is 1. The van der Waals surface area contributed by atoms with Crippen molar-refractivity contribution in [2.24, 2.45) is 5.92 Å². The lowest BCUT2D eigenvalue weighted by molar-refractivity contribution is -0.384. The summed E-state index contributed by atoms with van der Waals surface area (Å²) in [4.78, 5) is 25.1. The van der Waals surface area contributed by atoms with E-state index in [9.17, 15) is 14.9 Å². The highest BCUT2D eigenvalue weighted by molar-refractivity contribution is 7.80. The second-order valence-corrected chi connectivity index (χ2v) is 6.86. The van der Waals surface area contributed by atoms with Crippen molar-refractivity contribution in [3.05, 3.63) is 34.4 Å². The van der Waals surface area contributed by atoms with E-state index in [-0.39, 0.29) is 28.5 Å². The predicted octanol–water partition coefficient (Wildman–Crippen LogP) is 1.34. The van der Waals surface area contributed by atoms with Crippen LogP contribution < -0.4 is 21.1 Å². The molecule has 1 aliphatic rings. The molecule has 1 aromatic carbocycles. The maximum Gasteiger partial charge on any atom is 0.292 e. The number of rotatable bonds is 6. The molecule has 2 rings (SSSR count). The smallest absolute Gasteiger partial charge is 0.292 e. The number of carbonyl (C=O) groups is 1. The van der Waals surface area contributed by atoms with Crippen molar-refractivity contribution in [2.75, 3.05) is 31.7 Å². The number of nitro benzene ring substituents is 1. The van der Waals surface area contributed by atoms with E-state index in [0.29, 0.717) is 43.3 Å². The summed E-state index contributed by atoms with van der Waals surface area (Å²) in [5, 5.41) is 14.5. The van der Waals surface area contributed by atoms with Gasteiger partial charge in [-0.05, 0) is 38.0 Å². The molecule has 1 aromatic rings. The fourth-order valence-electron chi connectivity index (χ4n) is 3.04. The largest absolute Gasteiger partial charge is 0.383 e. The zero-order valence-corrected chi connectivity index (χ0v) is 16.3. The van der Waals surface area contributed by atoms with E-state index in [2.05, 4.69) is 16.2 Å². The highest BCUT2D eigenvalue weighted by atomic mass is 32.1. The quantitative estimate of drug-likeness (QED) is 0.376. The number of nitrogens with one attached hydrogen (secondary N) is 3. The number of ether oxygens (including phenoxy) is 1. The topological polar surface area (TPSA) is 109 Å². The van der Waals surface area contributed by atoms with Crippen molar-refractivity contribution in [3.63, 3.8) is 0 Å². The van der Waals surface area contributed by atoms with Gasteiger partial charge in [0.25, 0.3) is 5.69 Å². The van der Waals surface area contributed by atoms with Crippen LogP contribution in [0, 0.1) is 16.0 Å². The summed E-state index contributed by atoms with van der Waals surface area (Å²) in [6, 6.07) is 6.69. The Bertz CT molecular complexity index is 679. The Morgan fingerprint density at radius 1 is 1.37 bits per heavy atom. The van der Waals surface area contributed by atoms with E-state index in [1.807, 2.05) is 11.8 Å². The van der Waals surface area contributed by atoms with Crippen molar-refractivity contribution in [3.8, 4) is 0 Å². The number of hydrogen-bond donors (Lipinski definition) is 3. The Morgan fingerprint density at radius 2 is 2.04 bits per heavy atom. The van der Waals surface area contributed by atoms with Crippen molar-refractivity contribution >= 4 is 34.6 Å². The van der Waals surface area contributed by atoms with Gasteiger partial charge in [-0.3, -0.25) is 25.8 Å². The first-order valence-corrected chi connectivity index (χ1v) is 9.17. The fraction of sp³-hybridized carbons (Fsp3) is 0.529. The number of anilines is 1. The van der Waals surface area contributed by atoms with Gasteiger partial charge in [-0.2, -0.15) is 0 Å². The molecule has 10 heteroatoms. The average molecular weight is 395 g/mol. The van der Waals surface area contributed by atoms with Gasteiger partial charge in [0.2, 0.25) is 5.91 Å². The van der Waals surface area contributed by atoms with Crippen LogP contribution in [0.2, 0.25) is 0 Å². The van der Waals surface area contributed by atoms with Crippen LogP contribution in [0.25, 0.3) is 0 Å². The maximum absolute atomic E-state index is 12.3. The van der Waals surface area contributed by atoms with Crippen LogP contribution in [0.4, 0.5) is 11.4 Å². The molecule has 1 amide bonds. The molecule has 1 heterocycles. The molecule has 0 spiro atoms. The first-order valence-electron chi connectivity index (χ1n) is 8.76. The highest BCUT2D eigenvalue weighted by Crippen LogP contribution is 2.31. The molecule has 1 atom stereocenters. The third-order valence-electron chi connectivity index (χ3n) is 4.38. The Kier molecular flexibility index (Phi) is 7.74. The first kappa shape index (κ1) is 20.8. The predicted molar refractivity (Wildman–Crippen MR) is 106 cm³/mol. The number of thiocarbonyl (C=S) groups is 1. The minimum absolute atomic E-state index is 0.0248. The molecule has 148 valence electrons. The van der Waals surface area contributed by atoms with Gasteiger partial charge in [0.15, 0.2) is 5.11 Å². The van der Waals surface area contributed by atoms with E-state index in [1.54, 1.807) is 25.3 Å². The lowest BCUT2D eigenvalue weighted by atomic mass is 9.95. The van der Waals surface area contributed by atoms with E-state index < -0.39 is 0 Å². The zero-order valence-electron chi connectivity index (χ0n) is 15.4. The summed E-state index contributed by atoms with van der Waals surface area (Å²) < 4.78 is 5.01. The lowest BCUT2D eigenvalue weighted by Gasteiger charge is -2.32. The minimum Gasteiger partial charge on any atom is -0.383 e. The van der Waals surface area contributed by atoms with Crippen molar-refractivity contribution in [1.29, 1.82) is 0 Å². The van der Waals surface area contributed by atoms with E-state index in [0.717, 1.165) is 0 Å². The maximum atomic E-state index is 12.3. The van der Waals surface area contributed by atoms with Crippen molar-refractivity contribution in [2.45, 2.75) is 25.8 Å². The van der Waals surface area contributed by atoms with Crippen LogP contribution in [0.3, 0.4) is 0 Å². The summed E-state index contributed by atoms with van der Waals surface area (Å²) in [7, 11) is 1.60. The van der Waals surface area contributed by atoms with Gasteiger partial charge >= 0.3 is 0 Å². The number of benzene rings is 1. The second-order valence-electron chi connectivity index (χ2n) is 6.45. The Hall–Kier alpha value is -2.46. The zero-order chi connectivity index (χ0) is 19.8. The van der Waals surface area contributed by atoms with Crippen LogP contribution in [-0.4, -0.2) is 48.8 Å². The number of hydrogen-bond acceptors (Lipinski definition) is 6. The molecule has 1 fully saturated rings. The van der Waals surface area contributed by atoms with Crippen LogP contribution in [0.15, 0.2) is 24.3 Å². The van der Waals surface area contributed by atoms with Crippen LogP contribution >= 0.6 is 12.2 Å². The molecule has 9 nitrogen and oxygen atoms in total. The molecule has 0 unspecified atom stereocenters. The first-order chi connectivity index (χ1) is 12.9. The number of nitro groups is 1. The molecule has 27 heavy (non-hydrogen) atoms. The van der Waals surface area contributed by atoms with Gasteiger partial charge in [0.05, 0.1) is 11.5 Å². The van der Waals surface area contributed by atoms with Crippen molar-refractivity contribution < 1.29 is 14.5 Å². The van der Waals surface area contributed by atoms with Gasteiger partial charge < -0.3 is 15.0 Å². The van der Waals surface area contributed by atoms with Crippen LogP contribution in [-0.2, 0) is 9.53 Å². The molecule has 0 bridgehead atoms. The molecule has 1 aliphatic heterocycles. The Labute approximate surface area is 163 Å². The number of methoxy groups -OCH3 is 1. The standard InChI is InChI=1S/C17H25N5O4S/c1-12(11-26-2)18-17(27)20-19-16(23)13-7-9-21(10-8-13)14-5-3-4-6-15(14)22(24)25/h3-6,12-13H,7-11H2,1-2H3,(H,19,23)(H2,18,20,27)/t12-/m1/s1. The summed E-state index contributed by atoms with van der Waals surface area (Å²) in [6.45, 7) is 3.57. The molecule has 0 aliphatic carbocycles. The van der Waals surface area contributed by atoms with E-state index >= 15 is 0 Å². The van der Waals surface area contributed by atoms with Gasteiger partial charge in [-0.15, -0.1) is 0 Å². The summed E-state index contributed by atoms with van der Waals surface area (Å²) in [6.07, 6.45) is 1.22. The molecular weight excluding hydrogens is 370 g/mol. The number of amides is 1. The molecule has 1 saturated heterocycles. The highest BCUT2D eigenvalue weighted by Gasteiger charge is 2.28. The SMILES string of the molecule is COC[C@@H](C)NC(=S)NNC(=O)C1CCN(c2ccccc2[N+](=O)[O-])CC1. The normalized spacial score (nSPS) is 15.7. The average Bonchev–Trinajstić information content (AvgIpc) is 2.66. The minimum atomic E-state index is -0.378. The molecule has 0 radical (unpaired) electrons. The number of para-hydroxylation sites is 2. The van der Waals surface area contributed by atoms with E-state index in [1.165, 1.54) is 6.07 Å². The molecule has 0 saturated carbocycles. The Morgan fingerprint density at radius 3 is 2.67 bits per heavy atom. The summed E-state index contributed by atoms with van der Waals surface area (Å²) in [5.41, 5.74) is 6.00. The third-order valence-corrected chi connectivity index (χ3v) is 4.60. The van der Waals surface area contributed by atoms with E-state index in [4.69, 9.17) is 17.0 Å². The molecule has 0 aromatic heterocycles. The van der Waals surface area contributed by atoms with Crippen LogP contribution in [0.1, 0.15) is 19.8 Å². The number of piperidine rings is 1. The summed E-state index contributed by atoms with van der Waals surface area (Å²) in [5.74, 6) is -0.309. The number of nitrogens with zero attached hydrogens (tertiary/aromatic N) is 2.